The normalized spacial score (nSPS) is 21.0. The van der Waals surface area contributed by atoms with Gasteiger partial charge in [-0.25, -0.2) is 15.0 Å². The molecule has 0 amide bonds. The van der Waals surface area contributed by atoms with Gasteiger partial charge in [0.05, 0.1) is 16.9 Å². The monoisotopic (exact) mass is 417 g/mol. The number of likely N-dealkylation sites (N-methyl/N-ethyl adjacent to an activating group) is 1. The Balaban J connectivity index is 1.44. The van der Waals surface area contributed by atoms with Crippen LogP contribution in [0.15, 0.2) is 60.6 Å². The maximum Gasteiger partial charge on any atom is 0.146 e. The van der Waals surface area contributed by atoms with Crippen LogP contribution in [0.2, 0.25) is 0 Å². The minimum atomic E-state index is -0.992. The number of aliphatic hydroxyl groups is 2. The summed E-state index contributed by atoms with van der Waals surface area (Å²) in [6.45, 7) is 0.443. The summed E-state index contributed by atoms with van der Waals surface area (Å²) in [5, 5.41) is 23.2. The second-order valence-electron chi connectivity index (χ2n) is 7.86. The van der Waals surface area contributed by atoms with E-state index in [0.29, 0.717) is 29.2 Å². The Bertz CT molecular complexity index is 1320. The molecule has 0 radical (unpaired) electrons. The molecule has 3 aromatic heterocycles. The first-order valence-corrected chi connectivity index (χ1v) is 9.93. The zero-order valence-corrected chi connectivity index (χ0v) is 16.9. The highest BCUT2D eigenvalue weighted by atomic mass is 16.3. The molecule has 3 heterocycles. The van der Waals surface area contributed by atoms with Crippen molar-refractivity contribution in [2.24, 2.45) is 0 Å². The Morgan fingerprint density at radius 3 is 2.74 bits per heavy atom. The minimum absolute atomic E-state index is 0.381. The van der Waals surface area contributed by atoms with Gasteiger partial charge >= 0.3 is 0 Å². The van der Waals surface area contributed by atoms with Gasteiger partial charge in [0.2, 0.25) is 0 Å². The van der Waals surface area contributed by atoms with E-state index in [2.05, 4.69) is 15.0 Å². The predicted octanol–water partition coefficient (Wildman–Crippen LogP) is 1.48. The molecular formula is C22H23N7O2. The zero-order chi connectivity index (χ0) is 21.7. The average Bonchev–Trinajstić information content (AvgIpc) is 3.30. The number of hydrogen-bond acceptors (Lipinski definition) is 8. The van der Waals surface area contributed by atoms with Gasteiger partial charge in [0.15, 0.2) is 0 Å². The number of benzene rings is 1. The SMILES string of the molecule is CN(CC1=C[C@@H](n2ccc3c(N)ncnc32)[C@H](O)[C@@H]1O)c1ccc2ccc(N)nc2c1. The molecular weight excluding hydrogens is 394 g/mol. The molecule has 0 bridgehead atoms. The first kappa shape index (κ1) is 19.3. The molecule has 0 unspecified atom stereocenters. The summed E-state index contributed by atoms with van der Waals surface area (Å²) in [6.07, 6.45) is 3.11. The number of hydrogen-bond donors (Lipinski definition) is 4. The fourth-order valence-electron chi connectivity index (χ4n) is 4.17. The van der Waals surface area contributed by atoms with Gasteiger partial charge in [-0.1, -0.05) is 12.1 Å². The van der Waals surface area contributed by atoms with Crippen LogP contribution in [0.25, 0.3) is 21.9 Å². The van der Waals surface area contributed by atoms with E-state index in [4.69, 9.17) is 11.5 Å². The zero-order valence-electron chi connectivity index (χ0n) is 16.9. The van der Waals surface area contributed by atoms with Crippen molar-refractivity contribution < 1.29 is 10.2 Å². The molecule has 158 valence electrons. The molecule has 0 saturated heterocycles. The first-order chi connectivity index (χ1) is 14.9. The van der Waals surface area contributed by atoms with Crippen LogP contribution in [0, 0.1) is 0 Å². The number of rotatable bonds is 4. The Kier molecular flexibility index (Phi) is 4.49. The van der Waals surface area contributed by atoms with Gasteiger partial charge in [-0.15, -0.1) is 0 Å². The number of aromatic nitrogens is 4. The lowest BCUT2D eigenvalue weighted by Gasteiger charge is -2.23. The van der Waals surface area contributed by atoms with E-state index in [-0.39, 0.29) is 0 Å². The molecule has 0 fully saturated rings. The van der Waals surface area contributed by atoms with Crippen LogP contribution >= 0.6 is 0 Å². The Morgan fingerprint density at radius 1 is 1.10 bits per heavy atom. The van der Waals surface area contributed by atoms with Crippen molar-refractivity contribution in [3.8, 4) is 0 Å². The highest BCUT2D eigenvalue weighted by Gasteiger charge is 2.36. The van der Waals surface area contributed by atoms with Crippen LogP contribution in [0.4, 0.5) is 17.3 Å². The molecule has 0 saturated carbocycles. The van der Waals surface area contributed by atoms with Gasteiger partial charge in [0.1, 0.15) is 35.8 Å². The number of pyridine rings is 1. The van der Waals surface area contributed by atoms with Crippen molar-refractivity contribution in [2.75, 3.05) is 30.0 Å². The molecule has 0 spiro atoms. The molecule has 1 aliphatic rings. The summed E-state index contributed by atoms with van der Waals surface area (Å²) in [7, 11) is 1.93. The van der Waals surface area contributed by atoms with Crippen molar-refractivity contribution in [2.45, 2.75) is 18.2 Å². The molecule has 5 rings (SSSR count). The van der Waals surface area contributed by atoms with Gasteiger partial charge in [0, 0.05) is 30.9 Å². The van der Waals surface area contributed by atoms with Crippen molar-refractivity contribution >= 4 is 39.3 Å². The molecule has 1 aliphatic carbocycles. The van der Waals surface area contributed by atoms with E-state index in [0.717, 1.165) is 22.2 Å². The van der Waals surface area contributed by atoms with Crippen molar-refractivity contribution in [3.63, 3.8) is 0 Å². The van der Waals surface area contributed by atoms with E-state index in [1.165, 1.54) is 6.33 Å². The maximum atomic E-state index is 10.7. The summed E-state index contributed by atoms with van der Waals surface area (Å²) >= 11 is 0. The van der Waals surface area contributed by atoms with Crippen molar-refractivity contribution in [1.29, 1.82) is 0 Å². The summed E-state index contributed by atoms with van der Waals surface area (Å²) in [6, 6.07) is 11.0. The fourth-order valence-corrected chi connectivity index (χ4v) is 4.17. The van der Waals surface area contributed by atoms with E-state index in [1.807, 2.05) is 52.9 Å². The second kappa shape index (κ2) is 7.22. The van der Waals surface area contributed by atoms with Crippen LogP contribution in [0.5, 0.6) is 0 Å². The number of nitrogen functional groups attached to an aromatic ring is 2. The largest absolute Gasteiger partial charge is 0.388 e. The summed E-state index contributed by atoms with van der Waals surface area (Å²) < 4.78 is 1.82. The molecule has 31 heavy (non-hydrogen) atoms. The molecule has 3 atom stereocenters. The van der Waals surface area contributed by atoms with Gasteiger partial charge in [0.25, 0.3) is 0 Å². The van der Waals surface area contributed by atoms with Crippen LogP contribution in [-0.2, 0) is 0 Å². The van der Waals surface area contributed by atoms with E-state index in [1.54, 1.807) is 12.3 Å². The van der Waals surface area contributed by atoms with Crippen LogP contribution in [0.3, 0.4) is 0 Å². The molecule has 9 heteroatoms. The first-order valence-electron chi connectivity index (χ1n) is 9.93. The number of fused-ring (bicyclic) bond motifs is 2. The quantitative estimate of drug-likeness (QED) is 0.366. The van der Waals surface area contributed by atoms with Crippen LogP contribution in [-0.4, -0.2) is 55.5 Å². The second-order valence-corrected chi connectivity index (χ2v) is 7.86. The Hall–Kier alpha value is -3.69. The maximum absolute atomic E-state index is 10.7. The van der Waals surface area contributed by atoms with E-state index < -0.39 is 18.2 Å². The number of anilines is 3. The van der Waals surface area contributed by atoms with Gasteiger partial charge in [-0.2, -0.15) is 0 Å². The lowest BCUT2D eigenvalue weighted by molar-refractivity contribution is 0.0325. The Labute approximate surface area is 178 Å². The lowest BCUT2D eigenvalue weighted by Crippen LogP contribution is -2.32. The Morgan fingerprint density at radius 2 is 1.90 bits per heavy atom. The van der Waals surface area contributed by atoms with Crippen LogP contribution < -0.4 is 16.4 Å². The fraction of sp³-hybridized carbons (Fsp3) is 0.227. The lowest BCUT2D eigenvalue weighted by atomic mass is 10.1. The third kappa shape index (κ3) is 3.24. The summed E-state index contributed by atoms with van der Waals surface area (Å²) in [4.78, 5) is 14.7. The van der Waals surface area contributed by atoms with Gasteiger partial charge in [-0.05, 0) is 35.9 Å². The van der Waals surface area contributed by atoms with E-state index >= 15 is 0 Å². The van der Waals surface area contributed by atoms with E-state index in [9.17, 15) is 10.2 Å². The average molecular weight is 417 g/mol. The third-order valence-corrected chi connectivity index (χ3v) is 5.86. The molecule has 0 aliphatic heterocycles. The molecule has 4 aromatic rings. The van der Waals surface area contributed by atoms with Gasteiger partial charge < -0.3 is 31.1 Å². The summed E-state index contributed by atoms with van der Waals surface area (Å²) in [5.74, 6) is 0.849. The van der Waals surface area contributed by atoms with Gasteiger partial charge in [-0.3, -0.25) is 0 Å². The molecule has 9 nitrogen and oxygen atoms in total. The number of aliphatic hydroxyl groups excluding tert-OH is 2. The predicted molar refractivity (Wildman–Crippen MR) is 120 cm³/mol. The molecule has 1 aromatic carbocycles. The smallest absolute Gasteiger partial charge is 0.146 e. The topological polar surface area (TPSA) is 139 Å². The van der Waals surface area contributed by atoms with Crippen LogP contribution in [0.1, 0.15) is 6.04 Å². The highest BCUT2D eigenvalue weighted by molar-refractivity contribution is 5.86. The van der Waals surface area contributed by atoms with Crippen molar-refractivity contribution in [1.82, 2.24) is 19.5 Å². The highest BCUT2D eigenvalue weighted by Crippen LogP contribution is 2.33. The number of nitrogens with two attached hydrogens (primary N) is 2. The standard InChI is InChI=1S/C22H23N7O2/c1-28(14-4-2-12-3-5-18(23)27-16(12)9-14)10-13-8-17(20(31)19(13)30)29-7-6-15-21(24)25-11-26-22(15)29/h2-9,11,17,19-20,30-31H,10H2,1H3,(H2,23,27)(H2,24,25,26)/t17-,19-,20+/m1/s1. The van der Waals surface area contributed by atoms with Crippen molar-refractivity contribution in [3.05, 3.63) is 60.6 Å². The third-order valence-electron chi connectivity index (χ3n) is 5.86. The number of nitrogens with zero attached hydrogens (tertiary/aromatic N) is 5. The molecule has 6 N–H and O–H groups in total. The summed E-state index contributed by atoms with van der Waals surface area (Å²) in [5.41, 5.74) is 14.8. The minimum Gasteiger partial charge on any atom is -0.388 e.